The first kappa shape index (κ1) is 23.2. The van der Waals surface area contributed by atoms with Crippen LogP contribution in [0.25, 0.3) is 0 Å². The molecule has 2 aliphatic heterocycles. The van der Waals surface area contributed by atoms with Crippen molar-refractivity contribution in [3.63, 3.8) is 0 Å². The Labute approximate surface area is 194 Å². The predicted octanol–water partition coefficient (Wildman–Crippen LogP) is 1.96. The molecular weight excluding hydrogens is 456 g/mol. The second-order valence-corrected chi connectivity index (χ2v) is 11.1. The van der Waals surface area contributed by atoms with Crippen LogP contribution in [0.5, 0.6) is 0 Å². The van der Waals surface area contributed by atoms with E-state index in [1.165, 1.54) is 18.7 Å². The molecule has 8 nitrogen and oxygen atoms in total. The summed E-state index contributed by atoms with van der Waals surface area (Å²) < 4.78 is 9.28. The van der Waals surface area contributed by atoms with E-state index in [0.29, 0.717) is 0 Å². The van der Waals surface area contributed by atoms with E-state index in [9.17, 15) is 28.8 Å². The average Bonchev–Trinajstić information content (AvgIpc) is 3.47. The minimum absolute atomic E-state index is 0.0896. The van der Waals surface area contributed by atoms with Crippen molar-refractivity contribution in [2.75, 3.05) is 0 Å². The Balaban J connectivity index is 0.000000135. The van der Waals surface area contributed by atoms with Crippen LogP contribution >= 0.6 is 24.4 Å². The van der Waals surface area contributed by atoms with Gasteiger partial charge in [-0.2, -0.15) is 0 Å². The first-order valence-corrected chi connectivity index (χ1v) is 12.0. The van der Waals surface area contributed by atoms with Gasteiger partial charge in [-0.1, -0.05) is 23.9 Å². The van der Waals surface area contributed by atoms with Gasteiger partial charge in [0.2, 0.25) is 0 Å². The van der Waals surface area contributed by atoms with Crippen molar-refractivity contribution in [2.24, 2.45) is 47.3 Å². The number of carbonyl (C=O) groups is 6. The molecule has 0 spiro atoms. The molecule has 3 saturated carbocycles. The SMILES string of the molecule is CC(=O)S.CC(=O)SC1CC2CC1C1C(=O)OC(=O)C21.O=C1OC(=O)C2C3C=CC(C3)C12. The van der Waals surface area contributed by atoms with Crippen LogP contribution in [0.2, 0.25) is 0 Å². The third kappa shape index (κ3) is 4.07. The van der Waals surface area contributed by atoms with Gasteiger partial charge in [0, 0.05) is 19.1 Å². The topological polar surface area (TPSA) is 121 Å². The minimum Gasteiger partial charge on any atom is -0.393 e. The number of hydrogen-bond donors (Lipinski definition) is 1. The van der Waals surface area contributed by atoms with Gasteiger partial charge in [-0.25, -0.2) is 0 Å². The monoisotopic (exact) mass is 480 g/mol. The molecule has 9 unspecified atom stereocenters. The first-order valence-electron chi connectivity index (χ1n) is 10.6. The Morgan fingerprint density at radius 3 is 1.78 bits per heavy atom. The Hall–Kier alpha value is -1.94. The molecule has 6 aliphatic rings. The lowest BCUT2D eigenvalue weighted by molar-refractivity contribution is -0.156. The summed E-state index contributed by atoms with van der Waals surface area (Å²) in [4.78, 5) is 65.8. The highest BCUT2D eigenvalue weighted by atomic mass is 32.2. The lowest BCUT2D eigenvalue weighted by atomic mass is 9.81. The van der Waals surface area contributed by atoms with Crippen molar-refractivity contribution >= 4 is 58.5 Å². The van der Waals surface area contributed by atoms with Crippen LogP contribution < -0.4 is 0 Å². The number of thioether (sulfide) groups is 1. The van der Waals surface area contributed by atoms with E-state index in [0.717, 1.165) is 19.3 Å². The van der Waals surface area contributed by atoms with E-state index in [2.05, 4.69) is 17.4 Å². The van der Waals surface area contributed by atoms with Gasteiger partial charge in [0.1, 0.15) is 0 Å². The van der Waals surface area contributed by atoms with Gasteiger partial charge in [-0.15, -0.1) is 12.6 Å². The van der Waals surface area contributed by atoms with E-state index in [1.807, 2.05) is 12.2 Å². The van der Waals surface area contributed by atoms with Crippen LogP contribution in [0, 0.1) is 47.3 Å². The highest BCUT2D eigenvalue weighted by molar-refractivity contribution is 8.14. The molecule has 0 amide bonds. The van der Waals surface area contributed by atoms with Crippen LogP contribution in [0.4, 0.5) is 0 Å². The van der Waals surface area contributed by atoms with Crippen molar-refractivity contribution in [3.05, 3.63) is 12.2 Å². The van der Waals surface area contributed by atoms with Crippen LogP contribution in [0.3, 0.4) is 0 Å². The fourth-order valence-corrected chi connectivity index (χ4v) is 7.47. The third-order valence-corrected chi connectivity index (χ3v) is 8.39. The van der Waals surface area contributed by atoms with Crippen molar-refractivity contribution < 1.29 is 38.2 Å². The maximum atomic E-state index is 11.6. The third-order valence-electron chi connectivity index (χ3n) is 7.21. The van der Waals surface area contributed by atoms with E-state index in [-0.39, 0.29) is 86.7 Å². The number of esters is 4. The number of fused-ring (bicyclic) bond motifs is 10. The summed E-state index contributed by atoms with van der Waals surface area (Å²) >= 11 is 4.65. The summed E-state index contributed by atoms with van der Waals surface area (Å²) in [6, 6.07) is 0. The smallest absolute Gasteiger partial charge is 0.318 e. The maximum absolute atomic E-state index is 11.6. The molecule has 10 heteroatoms. The molecule has 4 bridgehead atoms. The average molecular weight is 481 g/mol. The summed E-state index contributed by atoms with van der Waals surface area (Å²) in [5, 5.41) is 0.161. The normalized spacial score (nSPS) is 41.3. The molecule has 0 aromatic carbocycles. The van der Waals surface area contributed by atoms with Gasteiger partial charge in [0.05, 0.1) is 23.7 Å². The molecule has 0 aromatic rings. The van der Waals surface area contributed by atoms with E-state index >= 15 is 0 Å². The first-order chi connectivity index (χ1) is 15.1. The van der Waals surface area contributed by atoms with Crippen LogP contribution in [0.1, 0.15) is 33.1 Å². The molecule has 9 atom stereocenters. The second-order valence-electron chi connectivity index (χ2n) is 9.09. The summed E-state index contributed by atoms with van der Waals surface area (Å²) in [7, 11) is 0. The largest absolute Gasteiger partial charge is 0.393 e. The Kier molecular flexibility index (Phi) is 6.37. The van der Waals surface area contributed by atoms with Gasteiger partial charge in [0.25, 0.3) is 0 Å². The molecule has 2 saturated heterocycles. The molecule has 6 rings (SSSR count). The zero-order valence-corrected chi connectivity index (χ0v) is 19.3. The number of ether oxygens (including phenoxy) is 2. The van der Waals surface area contributed by atoms with Crippen LogP contribution in [0.15, 0.2) is 12.2 Å². The molecule has 2 heterocycles. The molecule has 0 radical (unpaired) electrons. The lowest BCUT2D eigenvalue weighted by Crippen LogP contribution is -2.32. The fourth-order valence-electron chi connectivity index (χ4n) is 6.25. The summed E-state index contributed by atoms with van der Waals surface area (Å²) in [5.41, 5.74) is 0. The highest BCUT2D eigenvalue weighted by Gasteiger charge is 2.63. The Bertz CT molecular complexity index is 895. The molecule has 32 heavy (non-hydrogen) atoms. The van der Waals surface area contributed by atoms with Crippen LogP contribution in [-0.2, 0) is 38.2 Å². The highest BCUT2D eigenvalue weighted by Crippen LogP contribution is 2.58. The number of allylic oxidation sites excluding steroid dienone is 2. The van der Waals surface area contributed by atoms with Crippen molar-refractivity contribution in [1.82, 2.24) is 0 Å². The van der Waals surface area contributed by atoms with Gasteiger partial charge < -0.3 is 9.47 Å². The molecule has 0 aromatic heterocycles. The number of cyclic esters (lactones) is 4. The van der Waals surface area contributed by atoms with Crippen molar-refractivity contribution in [2.45, 2.75) is 38.4 Å². The second kappa shape index (κ2) is 8.78. The summed E-state index contributed by atoms with van der Waals surface area (Å²) in [6.07, 6.45) is 6.84. The van der Waals surface area contributed by atoms with Gasteiger partial charge >= 0.3 is 23.9 Å². The molecule has 0 N–H and O–H groups in total. The quantitative estimate of drug-likeness (QED) is 0.260. The molecule has 172 valence electrons. The van der Waals surface area contributed by atoms with Crippen molar-refractivity contribution in [3.8, 4) is 0 Å². The molecule has 4 aliphatic carbocycles. The number of hydrogen-bond acceptors (Lipinski definition) is 9. The molecular formula is C22H24O8S2. The summed E-state index contributed by atoms with van der Waals surface area (Å²) in [5.74, 6) is -1.09. The maximum Gasteiger partial charge on any atom is 0.318 e. The van der Waals surface area contributed by atoms with E-state index in [1.54, 1.807) is 6.92 Å². The van der Waals surface area contributed by atoms with Gasteiger partial charge in [0.15, 0.2) is 10.2 Å². The van der Waals surface area contributed by atoms with E-state index in [4.69, 9.17) is 4.74 Å². The standard InChI is InChI=1S/C11H12O4S.C9H8O3.C2H4OS/c1-4(12)16-7-3-5-2-6(7)9-8(5)10(13)15-11(9)14;10-8-6-4-1-2-5(3-4)7(6)9(11)12-8;1-2(3)4/h5-9H,2-3H2,1H3;1-2,4-7H,3H2;1H3,(H,3,4). The van der Waals surface area contributed by atoms with Gasteiger partial charge in [-0.05, 0) is 42.9 Å². The Morgan fingerprint density at radius 1 is 0.812 bits per heavy atom. The molecule has 5 fully saturated rings. The number of carbonyl (C=O) groups excluding carboxylic acids is 6. The summed E-state index contributed by atoms with van der Waals surface area (Å²) in [6.45, 7) is 2.94. The minimum atomic E-state index is -0.364. The number of thiol groups is 1. The fraction of sp³-hybridized carbons (Fsp3) is 0.636. The van der Waals surface area contributed by atoms with E-state index < -0.39 is 0 Å². The van der Waals surface area contributed by atoms with Crippen LogP contribution in [-0.4, -0.2) is 39.4 Å². The lowest BCUT2D eigenvalue weighted by Gasteiger charge is -2.25. The zero-order valence-electron chi connectivity index (χ0n) is 17.6. The zero-order chi connectivity index (χ0) is 23.3. The van der Waals surface area contributed by atoms with Gasteiger partial charge in [-0.3, -0.25) is 28.8 Å². The Morgan fingerprint density at radius 2 is 1.28 bits per heavy atom. The number of rotatable bonds is 1. The predicted molar refractivity (Wildman–Crippen MR) is 115 cm³/mol. The van der Waals surface area contributed by atoms with Crippen molar-refractivity contribution in [1.29, 1.82) is 0 Å².